The number of hydrogen-bond acceptors (Lipinski definition) is 6. The number of hydrogen-bond donors (Lipinski definition) is 0. The number of methoxy groups -OCH3 is 2. The average Bonchev–Trinajstić information content (AvgIpc) is 2.87. The summed E-state index contributed by atoms with van der Waals surface area (Å²) in [6.07, 6.45) is 0. The van der Waals surface area contributed by atoms with Gasteiger partial charge in [0.1, 0.15) is 5.56 Å². The minimum Gasteiger partial charge on any atom is -0.465 e. The van der Waals surface area contributed by atoms with E-state index in [9.17, 15) is 9.59 Å². The Balaban J connectivity index is 2.57. The van der Waals surface area contributed by atoms with E-state index in [0.717, 1.165) is 5.69 Å². The second-order valence-electron chi connectivity index (χ2n) is 3.51. The van der Waals surface area contributed by atoms with Crippen molar-refractivity contribution in [3.8, 4) is 0 Å². The van der Waals surface area contributed by atoms with Crippen molar-refractivity contribution in [2.45, 2.75) is 18.1 Å². The number of rotatable bonds is 2. The van der Waals surface area contributed by atoms with E-state index in [1.807, 2.05) is 6.92 Å². The number of carbonyl (C=O) groups is 2. The molecule has 0 bridgehead atoms. The molecular formula is C10H12N2O4S. The van der Waals surface area contributed by atoms with Crippen LogP contribution in [0.15, 0.2) is 0 Å². The molecule has 1 unspecified atom stereocenters. The lowest BCUT2D eigenvalue weighted by Gasteiger charge is -2.02. The van der Waals surface area contributed by atoms with Gasteiger partial charge in [0.2, 0.25) is 0 Å². The maximum Gasteiger partial charge on any atom is 0.359 e. The van der Waals surface area contributed by atoms with Gasteiger partial charge in [-0.25, -0.2) is 9.59 Å². The zero-order chi connectivity index (χ0) is 12.6. The summed E-state index contributed by atoms with van der Waals surface area (Å²) < 4.78 is 11.0. The Morgan fingerprint density at radius 2 is 2.00 bits per heavy atom. The van der Waals surface area contributed by atoms with E-state index in [2.05, 4.69) is 14.6 Å². The van der Waals surface area contributed by atoms with Gasteiger partial charge in [-0.1, -0.05) is 0 Å². The molecule has 0 aromatic carbocycles. The maximum absolute atomic E-state index is 11.7. The normalized spacial score (nSPS) is 17.7. The molecular weight excluding hydrogens is 244 g/mol. The van der Waals surface area contributed by atoms with Crippen LogP contribution in [0.25, 0.3) is 0 Å². The van der Waals surface area contributed by atoms with Crippen LogP contribution in [0.3, 0.4) is 0 Å². The fourth-order valence-electron chi connectivity index (χ4n) is 1.73. The van der Waals surface area contributed by atoms with Gasteiger partial charge in [0, 0.05) is 5.75 Å². The predicted molar refractivity (Wildman–Crippen MR) is 60.9 cm³/mol. The van der Waals surface area contributed by atoms with E-state index >= 15 is 0 Å². The minimum absolute atomic E-state index is 0.0292. The van der Waals surface area contributed by atoms with Crippen molar-refractivity contribution < 1.29 is 19.1 Å². The van der Waals surface area contributed by atoms with Crippen LogP contribution in [0, 0.1) is 0 Å². The van der Waals surface area contributed by atoms with Crippen LogP contribution in [0.1, 0.15) is 38.8 Å². The SMILES string of the molecule is COC(=O)c1nn2c(c1C(=O)OC)CSC2C. The highest BCUT2D eigenvalue weighted by Gasteiger charge is 2.33. The topological polar surface area (TPSA) is 70.4 Å². The molecule has 0 radical (unpaired) electrons. The first-order valence-electron chi connectivity index (χ1n) is 4.99. The van der Waals surface area contributed by atoms with E-state index in [-0.39, 0.29) is 16.6 Å². The van der Waals surface area contributed by atoms with E-state index < -0.39 is 11.9 Å². The second-order valence-corrected chi connectivity index (χ2v) is 4.81. The van der Waals surface area contributed by atoms with Gasteiger partial charge in [-0.3, -0.25) is 4.68 Å². The third-order valence-electron chi connectivity index (χ3n) is 2.58. The highest BCUT2D eigenvalue weighted by molar-refractivity contribution is 7.98. The van der Waals surface area contributed by atoms with Gasteiger partial charge in [-0.15, -0.1) is 11.8 Å². The molecule has 1 aliphatic heterocycles. The smallest absolute Gasteiger partial charge is 0.359 e. The van der Waals surface area contributed by atoms with Gasteiger partial charge < -0.3 is 9.47 Å². The Labute approximate surface area is 102 Å². The van der Waals surface area contributed by atoms with Gasteiger partial charge in [-0.05, 0) is 6.92 Å². The van der Waals surface area contributed by atoms with E-state index in [0.29, 0.717) is 5.75 Å². The summed E-state index contributed by atoms with van der Waals surface area (Å²) in [7, 11) is 2.53. The van der Waals surface area contributed by atoms with Crippen molar-refractivity contribution in [3.63, 3.8) is 0 Å². The third-order valence-corrected chi connectivity index (χ3v) is 3.71. The van der Waals surface area contributed by atoms with E-state index in [1.165, 1.54) is 14.2 Å². The highest BCUT2D eigenvalue weighted by Crippen LogP contribution is 2.37. The minimum atomic E-state index is -0.621. The standard InChI is InChI=1S/C10H12N2O4S/c1-5-12-6(4-17-5)7(9(13)15-2)8(11-12)10(14)16-3/h5H,4H2,1-3H3. The molecule has 17 heavy (non-hydrogen) atoms. The summed E-state index contributed by atoms with van der Waals surface area (Å²) in [5, 5.41) is 4.24. The van der Waals surface area contributed by atoms with Crippen molar-refractivity contribution in [2.75, 3.05) is 14.2 Å². The Morgan fingerprint density at radius 1 is 1.35 bits per heavy atom. The number of carbonyl (C=O) groups excluding carboxylic acids is 2. The lowest BCUT2D eigenvalue weighted by Crippen LogP contribution is -2.12. The third kappa shape index (κ3) is 1.80. The van der Waals surface area contributed by atoms with Crippen LogP contribution >= 0.6 is 11.8 Å². The Kier molecular flexibility index (Phi) is 3.10. The first-order chi connectivity index (χ1) is 8.10. The summed E-state index contributed by atoms with van der Waals surface area (Å²) in [5.74, 6) is -0.541. The van der Waals surface area contributed by atoms with Gasteiger partial charge in [-0.2, -0.15) is 5.10 Å². The van der Waals surface area contributed by atoms with Crippen molar-refractivity contribution >= 4 is 23.7 Å². The van der Waals surface area contributed by atoms with Gasteiger partial charge in [0.25, 0.3) is 0 Å². The molecule has 6 nitrogen and oxygen atoms in total. The average molecular weight is 256 g/mol. The quantitative estimate of drug-likeness (QED) is 0.741. The monoisotopic (exact) mass is 256 g/mol. The number of esters is 2. The largest absolute Gasteiger partial charge is 0.465 e. The fraction of sp³-hybridized carbons (Fsp3) is 0.500. The van der Waals surface area contributed by atoms with E-state index in [4.69, 9.17) is 0 Å². The molecule has 1 atom stereocenters. The molecule has 0 saturated heterocycles. The van der Waals surface area contributed by atoms with Crippen molar-refractivity contribution in [1.82, 2.24) is 9.78 Å². The molecule has 0 amide bonds. The summed E-state index contributed by atoms with van der Waals surface area (Å²) in [4.78, 5) is 23.2. The number of thioether (sulfide) groups is 1. The molecule has 7 heteroatoms. The van der Waals surface area contributed by atoms with Crippen LogP contribution in [0.4, 0.5) is 0 Å². The lowest BCUT2D eigenvalue weighted by molar-refractivity contribution is 0.0551. The van der Waals surface area contributed by atoms with Crippen LogP contribution < -0.4 is 0 Å². The molecule has 2 heterocycles. The Hall–Kier alpha value is -1.50. The highest BCUT2D eigenvalue weighted by atomic mass is 32.2. The van der Waals surface area contributed by atoms with Crippen LogP contribution in [0.2, 0.25) is 0 Å². The van der Waals surface area contributed by atoms with Crippen molar-refractivity contribution in [1.29, 1.82) is 0 Å². The Morgan fingerprint density at radius 3 is 2.59 bits per heavy atom. The maximum atomic E-state index is 11.7. The molecule has 0 spiro atoms. The lowest BCUT2D eigenvalue weighted by atomic mass is 10.2. The van der Waals surface area contributed by atoms with Gasteiger partial charge >= 0.3 is 11.9 Å². The molecule has 1 aliphatic rings. The van der Waals surface area contributed by atoms with Crippen molar-refractivity contribution in [3.05, 3.63) is 17.0 Å². The molecule has 92 valence electrons. The molecule has 0 N–H and O–H groups in total. The first-order valence-corrected chi connectivity index (χ1v) is 6.04. The van der Waals surface area contributed by atoms with Crippen LogP contribution in [0.5, 0.6) is 0 Å². The number of aromatic nitrogens is 2. The molecule has 0 aliphatic carbocycles. The van der Waals surface area contributed by atoms with E-state index in [1.54, 1.807) is 16.4 Å². The number of nitrogens with zero attached hydrogens (tertiary/aromatic N) is 2. The molecule has 1 aromatic rings. The zero-order valence-corrected chi connectivity index (χ0v) is 10.5. The van der Waals surface area contributed by atoms with Crippen LogP contribution in [-0.4, -0.2) is 35.9 Å². The zero-order valence-electron chi connectivity index (χ0n) is 9.72. The van der Waals surface area contributed by atoms with Gasteiger partial charge in [0.05, 0.1) is 25.3 Å². The van der Waals surface area contributed by atoms with Gasteiger partial charge in [0.15, 0.2) is 5.69 Å². The molecule has 1 aromatic heterocycles. The fourth-order valence-corrected chi connectivity index (χ4v) is 2.73. The Bertz CT molecular complexity index is 483. The van der Waals surface area contributed by atoms with Crippen molar-refractivity contribution in [2.24, 2.45) is 0 Å². The number of ether oxygens (including phenoxy) is 2. The summed E-state index contributed by atoms with van der Waals surface area (Å²) in [5.41, 5.74) is 0.965. The number of fused-ring (bicyclic) bond motifs is 1. The second kappa shape index (κ2) is 4.40. The van der Waals surface area contributed by atoms with Crippen LogP contribution in [-0.2, 0) is 15.2 Å². The summed E-state index contributed by atoms with van der Waals surface area (Å²) >= 11 is 1.64. The predicted octanol–water partition coefficient (Wildman–Crippen LogP) is 1.22. The first kappa shape index (κ1) is 12.0. The molecule has 2 rings (SSSR count). The molecule has 0 saturated carbocycles. The summed E-state index contributed by atoms with van der Waals surface area (Å²) in [6.45, 7) is 1.95. The molecule has 0 fully saturated rings. The summed E-state index contributed by atoms with van der Waals surface area (Å²) in [6, 6.07) is 0.